The lowest BCUT2D eigenvalue weighted by molar-refractivity contribution is -0.104. The van der Waals surface area contributed by atoms with Crippen LogP contribution in [0.25, 0.3) is 5.70 Å². The Labute approximate surface area is 164 Å². The average molecular weight is 386 g/mol. The number of carbonyl (C=O) groups is 1. The Bertz CT molecular complexity index is 909. The van der Waals surface area contributed by atoms with Crippen molar-refractivity contribution in [1.29, 1.82) is 0 Å². The molecule has 1 aliphatic carbocycles. The summed E-state index contributed by atoms with van der Waals surface area (Å²) < 4.78 is 1.75. The van der Waals surface area contributed by atoms with Crippen molar-refractivity contribution < 1.29 is 4.79 Å². The number of allylic oxidation sites excluding steroid dienone is 1. The van der Waals surface area contributed by atoms with Gasteiger partial charge < -0.3 is 5.32 Å². The molecule has 1 aliphatic rings. The molecule has 0 spiro atoms. The molecule has 1 N–H and O–H groups in total. The number of halogens is 1. The van der Waals surface area contributed by atoms with Crippen LogP contribution in [0.4, 0.5) is 0 Å². The van der Waals surface area contributed by atoms with Crippen LogP contribution in [0.1, 0.15) is 56.4 Å². The van der Waals surface area contributed by atoms with E-state index in [0.29, 0.717) is 29.4 Å². The van der Waals surface area contributed by atoms with Crippen LogP contribution in [-0.2, 0) is 10.3 Å². The van der Waals surface area contributed by atoms with Crippen molar-refractivity contribution in [2.24, 2.45) is 4.99 Å². The predicted molar refractivity (Wildman–Crippen MR) is 108 cm³/mol. The highest BCUT2D eigenvalue weighted by Gasteiger charge is 2.30. The number of hydrogen-bond donors (Lipinski definition) is 1. The van der Waals surface area contributed by atoms with Gasteiger partial charge >= 0.3 is 0 Å². The second kappa shape index (κ2) is 7.64. The van der Waals surface area contributed by atoms with Crippen LogP contribution in [-0.4, -0.2) is 34.2 Å². The van der Waals surface area contributed by atoms with Gasteiger partial charge in [-0.2, -0.15) is 0 Å². The van der Waals surface area contributed by atoms with E-state index in [1.807, 2.05) is 20.8 Å². The molecule has 142 valence electrons. The lowest BCUT2D eigenvalue weighted by Crippen LogP contribution is -2.28. The van der Waals surface area contributed by atoms with E-state index >= 15 is 0 Å². The Kier molecular flexibility index (Phi) is 5.46. The summed E-state index contributed by atoms with van der Waals surface area (Å²) in [5.41, 5.74) is 2.75. The molecule has 1 aromatic carbocycles. The van der Waals surface area contributed by atoms with E-state index in [1.165, 1.54) is 24.5 Å². The van der Waals surface area contributed by atoms with Crippen LogP contribution < -0.4 is 5.32 Å². The highest BCUT2D eigenvalue weighted by Crippen LogP contribution is 2.42. The molecule has 1 fully saturated rings. The molecule has 0 bridgehead atoms. The molecule has 1 heterocycles. The summed E-state index contributed by atoms with van der Waals surface area (Å²) in [5.74, 6) is 1.33. The van der Waals surface area contributed by atoms with Gasteiger partial charge in [0, 0.05) is 18.1 Å². The van der Waals surface area contributed by atoms with Gasteiger partial charge in [-0.15, -0.1) is 5.10 Å². The molecule has 3 rings (SSSR count). The molecule has 0 atom stereocenters. The Morgan fingerprint density at radius 1 is 1.41 bits per heavy atom. The van der Waals surface area contributed by atoms with Gasteiger partial charge in [-0.3, -0.25) is 4.79 Å². The minimum atomic E-state index is -0.502. The quantitative estimate of drug-likeness (QED) is 0.355. The van der Waals surface area contributed by atoms with Crippen molar-refractivity contribution in [3.63, 3.8) is 0 Å². The third-order valence-electron chi connectivity index (χ3n) is 4.91. The molecule has 27 heavy (non-hydrogen) atoms. The first-order valence-corrected chi connectivity index (χ1v) is 9.36. The number of carbonyl (C=O) groups excluding carboxylic acids is 1. The van der Waals surface area contributed by atoms with Crippen molar-refractivity contribution in [2.75, 3.05) is 7.05 Å². The van der Waals surface area contributed by atoms with Crippen molar-refractivity contribution in [1.82, 2.24) is 20.3 Å². The van der Waals surface area contributed by atoms with Gasteiger partial charge in [0.2, 0.25) is 0 Å². The van der Waals surface area contributed by atoms with Gasteiger partial charge in [-0.1, -0.05) is 28.9 Å². The zero-order valence-corrected chi connectivity index (χ0v) is 16.8. The van der Waals surface area contributed by atoms with Gasteiger partial charge in [0.15, 0.2) is 0 Å². The Morgan fingerprint density at radius 2 is 2.15 bits per heavy atom. The molecule has 6 nitrogen and oxygen atoms in total. The third kappa shape index (κ3) is 4.11. The van der Waals surface area contributed by atoms with Gasteiger partial charge in [-0.25, -0.2) is 9.67 Å². The van der Waals surface area contributed by atoms with Crippen molar-refractivity contribution in [3.05, 3.63) is 52.3 Å². The molecule has 0 aliphatic heterocycles. The number of nitrogens with one attached hydrogen (secondary N) is 1. The van der Waals surface area contributed by atoms with E-state index in [-0.39, 0.29) is 0 Å². The summed E-state index contributed by atoms with van der Waals surface area (Å²) in [6, 6.07) is 6.28. The number of benzene rings is 1. The maximum absolute atomic E-state index is 11.0. The van der Waals surface area contributed by atoms with Crippen molar-refractivity contribution in [3.8, 4) is 0 Å². The highest BCUT2D eigenvalue weighted by molar-refractivity contribution is 6.31. The number of rotatable bonds is 6. The first kappa shape index (κ1) is 19.3. The second-order valence-electron chi connectivity index (χ2n) is 7.26. The topological polar surface area (TPSA) is 72.2 Å². The van der Waals surface area contributed by atoms with Gasteiger partial charge in [-0.05, 0) is 56.7 Å². The number of aromatic nitrogens is 3. The third-order valence-corrected chi connectivity index (χ3v) is 5.22. The summed E-state index contributed by atoms with van der Waals surface area (Å²) in [4.78, 5) is 15.4. The normalized spacial score (nSPS) is 15.7. The first-order valence-electron chi connectivity index (χ1n) is 8.98. The molecule has 0 amide bonds. The van der Waals surface area contributed by atoms with E-state index in [0.717, 1.165) is 10.6 Å². The van der Waals surface area contributed by atoms with E-state index in [1.54, 1.807) is 17.9 Å². The maximum atomic E-state index is 11.0. The zero-order valence-electron chi connectivity index (χ0n) is 16.0. The predicted octanol–water partition coefficient (Wildman–Crippen LogP) is 3.77. The zero-order chi connectivity index (χ0) is 19.6. The molecule has 0 saturated heterocycles. The van der Waals surface area contributed by atoms with Crippen LogP contribution in [0.15, 0.2) is 35.5 Å². The standard InChI is InChI=1S/C20H24ClN5O/c1-13(22-4)23-18(9-10-27)19-12-26(25-24-19)20(2,3)16-8-7-15(11-17(16)21)14-5-6-14/h7-12,14H,5-6H2,1-4H3,(H,22,23)/b18-9-. The van der Waals surface area contributed by atoms with Crippen LogP contribution in [0, 0.1) is 0 Å². The first-order chi connectivity index (χ1) is 12.9. The molecule has 7 heteroatoms. The summed E-state index contributed by atoms with van der Waals surface area (Å²) in [6.45, 7) is 5.89. The van der Waals surface area contributed by atoms with Crippen molar-refractivity contribution >= 4 is 29.4 Å². The van der Waals surface area contributed by atoms with Crippen LogP contribution >= 0.6 is 11.6 Å². The number of amidine groups is 1. The monoisotopic (exact) mass is 385 g/mol. The fourth-order valence-corrected chi connectivity index (χ4v) is 3.38. The molecule has 1 saturated carbocycles. The van der Waals surface area contributed by atoms with Gasteiger partial charge in [0.05, 0.1) is 23.3 Å². The van der Waals surface area contributed by atoms with E-state index in [9.17, 15) is 4.79 Å². The minimum absolute atomic E-state index is 0.453. The largest absolute Gasteiger partial charge is 0.377 e. The van der Waals surface area contributed by atoms with Crippen LogP contribution in [0.5, 0.6) is 0 Å². The van der Waals surface area contributed by atoms with Crippen molar-refractivity contribution in [2.45, 2.75) is 45.1 Å². The lowest BCUT2D eigenvalue weighted by atomic mass is 9.93. The number of hydrogen-bond acceptors (Lipinski definition) is 4. The summed E-state index contributed by atoms with van der Waals surface area (Å²) in [7, 11) is 1.77. The smallest absolute Gasteiger partial charge is 0.145 e. The summed E-state index contributed by atoms with van der Waals surface area (Å²) in [5, 5.41) is 12.1. The van der Waals surface area contributed by atoms with E-state index < -0.39 is 5.54 Å². The molecule has 0 radical (unpaired) electrons. The number of aliphatic imine (C=N–C) groups is 1. The Morgan fingerprint density at radius 3 is 2.74 bits per heavy atom. The van der Waals surface area contributed by atoms with E-state index in [4.69, 9.17) is 11.6 Å². The van der Waals surface area contributed by atoms with E-state index in [2.05, 4.69) is 38.8 Å². The summed E-state index contributed by atoms with van der Waals surface area (Å²) in [6.07, 6.45) is 6.33. The molecule has 1 aromatic heterocycles. The Balaban J connectivity index is 1.94. The summed E-state index contributed by atoms with van der Waals surface area (Å²) >= 11 is 6.59. The van der Waals surface area contributed by atoms with Crippen LogP contribution in [0.2, 0.25) is 5.02 Å². The SMILES string of the molecule is CN/C(C)=N\C(=C/C=O)c1cn(C(C)(C)c2ccc(C3CC3)cc2Cl)nn1. The molecular weight excluding hydrogens is 362 g/mol. The second-order valence-corrected chi connectivity index (χ2v) is 7.66. The highest BCUT2D eigenvalue weighted by atomic mass is 35.5. The lowest BCUT2D eigenvalue weighted by Gasteiger charge is -2.26. The molecule has 0 unspecified atom stereocenters. The molecular formula is C20H24ClN5O. The van der Waals surface area contributed by atoms with Crippen LogP contribution in [0.3, 0.4) is 0 Å². The number of nitrogens with zero attached hydrogens (tertiary/aromatic N) is 4. The number of aldehydes is 1. The molecule has 2 aromatic rings. The minimum Gasteiger partial charge on any atom is -0.377 e. The average Bonchev–Trinajstić information content (AvgIpc) is 3.36. The van der Waals surface area contributed by atoms with Gasteiger partial charge in [0.1, 0.15) is 12.0 Å². The Hall–Kier alpha value is -2.47. The van der Waals surface area contributed by atoms with Gasteiger partial charge in [0.25, 0.3) is 0 Å². The fourth-order valence-electron chi connectivity index (χ4n) is 2.96. The fraction of sp³-hybridized carbons (Fsp3) is 0.400. The maximum Gasteiger partial charge on any atom is 0.145 e.